The first-order valence-electron chi connectivity index (χ1n) is 5.08. The Balaban J connectivity index is 2.22. The van der Waals surface area contributed by atoms with Crippen LogP contribution in [0.1, 0.15) is 13.8 Å². The van der Waals surface area contributed by atoms with E-state index in [1.54, 1.807) is 0 Å². The number of fused-ring (bicyclic) bond motifs is 1. The van der Waals surface area contributed by atoms with E-state index in [1.165, 1.54) is 0 Å². The Morgan fingerprint density at radius 2 is 2.25 bits per heavy atom. The molecule has 16 heavy (non-hydrogen) atoms. The quantitative estimate of drug-likeness (QED) is 0.799. The molecule has 1 heterocycles. The zero-order chi connectivity index (χ0) is 11.5. The summed E-state index contributed by atoms with van der Waals surface area (Å²) in [7, 11) is 0. The first-order valence-corrected chi connectivity index (χ1v) is 5.88. The fourth-order valence-electron chi connectivity index (χ4n) is 1.47. The van der Waals surface area contributed by atoms with E-state index in [1.807, 2.05) is 26.0 Å². The zero-order valence-electron chi connectivity index (χ0n) is 9.16. The van der Waals surface area contributed by atoms with Gasteiger partial charge in [0.25, 0.3) is 0 Å². The zero-order valence-corrected chi connectivity index (χ0v) is 10.7. The molecule has 0 spiro atoms. The molecule has 0 N–H and O–H groups in total. The predicted octanol–water partition coefficient (Wildman–Crippen LogP) is 2.94. The molecule has 88 valence electrons. The highest BCUT2D eigenvalue weighted by atomic mass is 79.9. The third-order valence-corrected chi connectivity index (χ3v) is 2.76. The van der Waals surface area contributed by atoms with Crippen molar-refractivity contribution >= 4 is 15.9 Å². The van der Waals surface area contributed by atoms with Crippen molar-refractivity contribution < 1.29 is 18.9 Å². The Morgan fingerprint density at radius 3 is 3.00 bits per heavy atom. The first kappa shape index (κ1) is 11.5. The van der Waals surface area contributed by atoms with Gasteiger partial charge in [0.2, 0.25) is 12.5 Å². The molecular weight excluding hydrogens is 276 g/mol. The summed E-state index contributed by atoms with van der Waals surface area (Å²) in [5.74, 6) is 1.94. The largest absolute Gasteiger partial charge is 0.460 e. The fourth-order valence-corrected chi connectivity index (χ4v) is 1.87. The molecule has 0 saturated heterocycles. The molecule has 1 aliphatic rings. The lowest BCUT2D eigenvalue weighted by Crippen LogP contribution is -2.16. The van der Waals surface area contributed by atoms with Gasteiger partial charge in [-0.05, 0) is 41.9 Å². The van der Waals surface area contributed by atoms with E-state index in [-0.39, 0.29) is 13.1 Å². The van der Waals surface area contributed by atoms with E-state index in [0.717, 1.165) is 4.47 Å². The second-order valence-electron chi connectivity index (χ2n) is 3.25. The molecule has 0 aromatic heterocycles. The van der Waals surface area contributed by atoms with E-state index in [4.69, 9.17) is 18.9 Å². The molecule has 1 aromatic rings. The lowest BCUT2D eigenvalue weighted by molar-refractivity contribution is -0.0628. The number of hydrogen-bond acceptors (Lipinski definition) is 4. The molecule has 0 aliphatic carbocycles. The van der Waals surface area contributed by atoms with Crippen molar-refractivity contribution in [1.29, 1.82) is 0 Å². The minimum Gasteiger partial charge on any atom is -0.460 e. The lowest BCUT2D eigenvalue weighted by atomic mass is 10.3. The summed E-state index contributed by atoms with van der Waals surface area (Å²) in [6.45, 7) is 4.59. The van der Waals surface area contributed by atoms with Crippen LogP contribution in [-0.2, 0) is 4.74 Å². The van der Waals surface area contributed by atoms with Gasteiger partial charge in [-0.1, -0.05) is 0 Å². The monoisotopic (exact) mass is 288 g/mol. The average molecular weight is 289 g/mol. The molecule has 4 nitrogen and oxygen atoms in total. The molecule has 0 amide bonds. The van der Waals surface area contributed by atoms with Crippen LogP contribution < -0.4 is 14.2 Å². The molecule has 0 radical (unpaired) electrons. The highest BCUT2D eigenvalue weighted by Gasteiger charge is 2.22. The van der Waals surface area contributed by atoms with Gasteiger partial charge in [0.1, 0.15) is 0 Å². The van der Waals surface area contributed by atoms with Gasteiger partial charge in [0, 0.05) is 6.61 Å². The lowest BCUT2D eigenvalue weighted by Gasteiger charge is -2.16. The Morgan fingerprint density at radius 1 is 1.44 bits per heavy atom. The van der Waals surface area contributed by atoms with Gasteiger partial charge < -0.3 is 18.9 Å². The number of hydrogen-bond donors (Lipinski definition) is 0. The van der Waals surface area contributed by atoms with Gasteiger partial charge in [-0.3, -0.25) is 0 Å². The predicted molar refractivity (Wildman–Crippen MR) is 62.0 cm³/mol. The highest BCUT2D eigenvalue weighted by Crippen LogP contribution is 2.45. The SMILES string of the molecule is CCOC(C)Oc1c(Br)ccc2c1OCO2. The maximum absolute atomic E-state index is 5.65. The molecule has 0 bridgehead atoms. The van der Waals surface area contributed by atoms with Crippen molar-refractivity contribution in [2.45, 2.75) is 20.1 Å². The van der Waals surface area contributed by atoms with Crippen LogP contribution in [0.25, 0.3) is 0 Å². The molecular formula is C11H13BrO4. The number of ether oxygens (including phenoxy) is 4. The molecule has 0 fully saturated rings. The molecule has 1 aliphatic heterocycles. The minimum absolute atomic E-state index is 0.227. The smallest absolute Gasteiger partial charge is 0.231 e. The molecule has 1 unspecified atom stereocenters. The topological polar surface area (TPSA) is 36.9 Å². The molecule has 5 heteroatoms. The maximum Gasteiger partial charge on any atom is 0.231 e. The van der Waals surface area contributed by atoms with Gasteiger partial charge in [0.15, 0.2) is 17.8 Å². The summed E-state index contributed by atoms with van der Waals surface area (Å²) in [6, 6.07) is 3.70. The van der Waals surface area contributed by atoms with Crippen LogP contribution in [0.5, 0.6) is 17.2 Å². The van der Waals surface area contributed by atoms with E-state index in [9.17, 15) is 0 Å². The summed E-state index contributed by atoms with van der Waals surface area (Å²) in [4.78, 5) is 0. The highest BCUT2D eigenvalue weighted by molar-refractivity contribution is 9.10. The summed E-state index contributed by atoms with van der Waals surface area (Å²) in [5.41, 5.74) is 0. The van der Waals surface area contributed by atoms with Crippen molar-refractivity contribution in [3.8, 4) is 17.2 Å². The van der Waals surface area contributed by atoms with Gasteiger partial charge in [0.05, 0.1) is 4.47 Å². The van der Waals surface area contributed by atoms with Crippen LogP contribution in [0.15, 0.2) is 16.6 Å². The van der Waals surface area contributed by atoms with Crippen LogP contribution in [0.4, 0.5) is 0 Å². The van der Waals surface area contributed by atoms with E-state index >= 15 is 0 Å². The van der Waals surface area contributed by atoms with Crippen LogP contribution in [-0.4, -0.2) is 19.7 Å². The molecule has 0 saturated carbocycles. The van der Waals surface area contributed by atoms with E-state index < -0.39 is 0 Å². The van der Waals surface area contributed by atoms with Crippen LogP contribution >= 0.6 is 15.9 Å². The van der Waals surface area contributed by atoms with E-state index in [0.29, 0.717) is 23.9 Å². The van der Waals surface area contributed by atoms with Gasteiger partial charge in [-0.25, -0.2) is 0 Å². The van der Waals surface area contributed by atoms with Crippen molar-refractivity contribution in [2.24, 2.45) is 0 Å². The summed E-state index contributed by atoms with van der Waals surface area (Å²) in [6.07, 6.45) is -0.322. The molecule has 2 rings (SSSR count). The van der Waals surface area contributed by atoms with Gasteiger partial charge in [-0.2, -0.15) is 0 Å². The molecule has 1 atom stereocenters. The van der Waals surface area contributed by atoms with Gasteiger partial charge >= 0.3 is 0 Å². The Kier molecular flexibility index (Phi) is 3.56. The fraction of sp³-hybridized carbons (Fsp3) is 0.455. The van der Waals surface area contributed by atoms with Crippen LogP contribution in [0, 0.1) is 0 Å². The third kappa shape index (κ3) is 2.25. The summed E-state index contributed by atoms with van der Waals surface area (Å²) in [5, 5.41) is 0. The second kappa shape index (κ2) is 4.93. The minimum atomic E-state index is -0.322. The van der Waals surface area contributed by atoms with E-state index in [2.05, 4.69) is 15.9 Å². The number of benzene rings is 1. The summed E-state index contributed by atoms with van der Waals surface area (Å²) < 4.78 is 22.4. The van der Waals surface area contributed by atoms with Crippen molar-refractivity contribution in [3.05, 3.63) is 16.6 Å². The summed E-state index contributed by atoms with van der Waals surface area (Å²) >= 11 is 3.41. The number of rotatable bonds is 4. The van der Waals surface area contributed by atoms with Crippen molar-refractivity contribution in [3.63, 3.8) is 0 Å². The Hall–Kier alpha value is -0.940. The number of halogens is 1. The second-order valence-corrected chi connectivity index (χ2v) is 4.11. The maximum atomic E-state index is 5.65. The van der Waals surface area contributed by atoms with Crippen molar-refractivity contribution in [1.82, 2.24) is 0 Å². The Labute approximate surface area is 103 Å². The van der Waals surface area contributed by atoms with Crippen LogP contribution in [0.2, 0.25) is 0 Å². The van der Waals surface area contributed by atoms with Crippen molar-refractivity contribution in [2.75, 3.05) is 13.4 Å². The Bertz CT molecular complexity index is 380. The first-order chi connectivity index (χ1) is 7.72. The molecule has 1 aromatic carbocycles. The standard InChI is InChI=1S/C11H13BrO4/c1-3-13-7(2)16-10-8(12)4-5-9-11(10)15-6-14-9/h4-5,7H,3,6H2,1-2H3. The third-order valence-electron chi connectivity index (χ3n) is 2.13. The van der Waals surface area contributed by atoms with Crippen LogP contribution in [0.3, 0.4) is 0 Å². The normalized spacial score (nSPS) is 14.9. The van der Waals surface area contributed by atoms with Gasteiger partial charge in [-0.15, -0.1) is 0 Å². The average Bonchev–Trinajstić information content (AvgIpc) is 2.71.